The Kier molecular flexibility index (Phi) is 8.56. The van der Waals surface area contributed by atoms with Crippen LogP contribution >= 0.6 is 0 Å². The molecule has 1 aliphatic carbocycles. The van der Waals surface area contributed by atoms with Crippen LogP contribution in [0.25, 0.3) is 16.9 Å². The van der Waals surface area contributed by atoms with E-state index in [1.54, 1.807) is 30.3 Å². The number of alkyl halides is 2. The fourth-order valence-corrected chi connectivity index (χ4v) is 5.44. The van der Waals surface area contributed by atoms with Crippen LogP contribution in [0.4, 0.5) is 14.7 Å². The second-order valence-corrected chi connectivity index (χ2v) is 10.4. The third-order valence-corrected chi connectivity index (χ3v) is 7.61. The highest BCUT2D eigenvalue weighted by Crippen LogP contribution is 2.31. The molecule has 1 aliphatic heterocycles. The van der Waals surface area contributed by atoms with Crippen molar-refractivity contribution in [1.82, 2.24) is 24.4 Å². The molecule has 0 bridgehead atoms. The molecule has 9 nitrogen and oxygen atoms in total. The largest absolute Gasteiger partial charge is 0.516 e. The zero-order chi connectivity index (χ0) is 27.4. The first kappa shape index (κ1) is 27.3. The molecule has 2 aliphatic rings. The van der Waals surface area contributed by atoms with Crippen LogP contribution in [0, 0.1) is 5.92 Å². The molecule has 0 amide bonds. The van der Waals surface area contributed by atoms with E-state index in [0.29, 0.717) is 73.5 Å². The van der Waals surface area contributed by atoms with Crippen LogP contribution in [-0.2, 0) is 4.74 Å². The van der Waals surface area contributed by atoms with Gasteiger partial charge in [-0.2, -0.15) is 9.97 Å². The van der Waals surface area contributed by atoms with E-state index >= 15 is 0 Å². The lowest BCUT2D eigenvalue weighted by atomic mass is 9.86. The van der Waals surface area contributed by atoms with Gasteiger partial charge in [0, 0.05) is 31.7 Å². The van der Waals surface area contributed by atoms with Gasteiger partial charge in [-0.15, -0.1) is 0 Å². The number of hydrogen-bond donors (Lipinski definition) is 1. The predicted octanol–water partition coefficient (Wildman–Crippen LogP) is 4.92. The number of likely N-dealkylation sites (N-methyl/N-ethyl adjacent to an activating group) is 1. The fourth-order valence-electron chi connectivity index (χ4n) is 5.44. The predicted molar refractivity (Wildman–Crippen MR) is 145 cm³/mol. The molecule has 5 rings (SSSR count). The summed E-state index contributed by atoms with van der Waals surface area (Å²) in [6, 6.07) is 9.16. The Hall–Kier alpha value is -3.31. The van der Waals surface area contributed by atoms with E-state index < -0.39 is 6.43 Å². The quantitative estimate of drug-likeness (QED) is 0.381. The van der Waals surface area contributed by atoms with E-state index in [2.05, 4.69) is 26.9 Å². The SMILES string of the molecule is C/C(=C\O)CN(C)C1CCC(COc2cc(-n3c(C(F)F)nc4ccccc43)nc(N3CCOCC3)n2)CC1. The van der Waals surface area contributed by atoms with Gasteiger partial charge in [0.15, 0.2) is 5.82 Å². The molecule has 0 spiro atoms. The summed E-state index contributed by atoms with van der Waals surface area (Å²) >= 11 is 0. The molecule has 3 heterocycles. The number of rotatable bonds is 9. The summed E-state index contributed by atoms with van der Waals surface area (Å²) in [5, 5.41) is 9.21. The molecular formula is C28H36F2N6O3. The van der Waals surface area contributed by atoms with Crippen LogP contribution in [0.2, 0.25) is 0 Å². The minimum absolute atomic E-state index is 0.308. The van der Waals surface area contributed by atoms with Crippen molar-refractivity contribution in [2.75, 3.05) is 51.4 Å². The van der Waals surface area contributed by atoms with E-state index in [1.165, 1.54) is 10.8 Å². The van der Waals surface area contributed by atoms with Gasteiger partial charge in [0.05, 0.1) is 37.1 Å². The Morgan fingerprint density at radius 1 is 1.15 bits per heavy atom. The standard InChI is InChI=1S/C28H36F2N6O3/c1-19(17-37)16-34(2)21-9-7-20(8-10-21)18-39-25-15-24(32-28(33-25)35-11-13-38-14-12-35)36-23-6-4-3-5-22(23)31-27(36)26(29)30/h3-6,15,17,20-21,26,37H,7-14,16,18H2,1-2H3/b19-17+. The number of aromatic nitrogens is 4. The molecule has 2 fully saturated rings. The Labute approximate surface area is 227 Å². The highest BCUT2D eigenvalue weighted by Gasteiger charge is 2.26. The molecule has 1 saturated carbocycles. The van der Waals surface area contributed by atoms with E-state index in [1.807, 2.05) is 11.8 Å². The minimum Gasteiger partial charge on any atom is -0.516 e. The molecule has 39 heavy (non-hydrogen) atoms. The maximum atomic E-state index is 14.1. The number of aliphatic hydroxyl groups excluding tert-OH is 1. The summed E-state index contributed by atoms with van der Waals surface area (Å²) in [5.74, 6) is 1.12. The van der Waals surface area contributed by atoms with Crippen LogP contribution in [0.3, 0.4) is 0 Å². The molecule has 3 aromatic rings. The molecule has 0 atom stereocenters. The van der Waals surface area contributed by atoms with Gasteiger partial charge in [0.2, 0.25) is 11.8 Å². The topological polar surface area (TPSA) is 88.8 Å². The van der Waals surface area contributed by atoms with Crippen LogP contribution in [-0.4, -0.2) is 82.1 Å². The summed E-state index contributed by atoms with van der Waals surface area (Å²) in [6.45, 7) is 5.48. The summed E-state index contributed by atoms with van der Waals surface area (Å²) < 4.78 is 41.3. The molecule has 1 saturated heterocycles. The van der Waals surface area contributed by atoms with Gasteiger partial charge < -0.3 is 19.5 Å². The first-order valence-corrected chi connectivity index (χ1v) is 13.5. The minimum atomic E-state index is -2.77. The van der Waals surface area contributed by atoms with E-state index in [4.69, 9.17) is 9.47 Å². The smallest absolute Gasteiger partial charge is 0.296 e. The van der Waals surface area contributed by atoms with Crippen LogP contribution in [0.5, 0.6) is 5.88 Å². The van der Waals surface area contributed by atoms with Crippen molar-refractivity contribution in [2.45, 2.75) is 45.1 Å². The molecule has 2 aromatic heterocycles. The number of nitrogens with zero attached hydrogens (tertiary/aromatic N) is 6. The van der Waals surface area contributed by atoms with Gasteiger partial charge in [-0.1, -0.05) is 12.1 Å². The summed E-state index contributed by atoms with van der Waals surface area (Å²) in [5.41, 5.74) is 1.98. The zero-order valence-electron chi connectivity index (χ0n) is 22.5. The molecule has 1 N–H and O–H groups in total. The fraction of sp³-hybridized carbons (Fsp3) is 0.536. The van der Waals surface area contributed by atoms with E-state index in [0.717, 1.165) is 37.8 Å². The van der Waals surface area contributed by atoms with Gasteiger partial charge in [0.25, 0.3) is 6.43 Å². The van der Waals surface area contributed by atoms with Crippen molar-refractivity contribution in [3.8, 4) is 11.7 Å². The second kappa shape index (κ2) is 12.3. The maximum absolute atomic E-state index is 14.1. The van der Waals surface area contributed by atoms with Crippen molar-refractivity contribution in [2.24, 2.45) is 5.92 Å². The molecule has 210 valence electrons. The zero-order valence-corrected chi connectivity index (χ0v) is 22.5. The van der Waals surface area contributed by atoms with Crippen LogP contribution < -0.4 is 9.64 Å². The number of fused-ring (bicyclic) bond motifs is 1. The van der Waals surface area contributed by atoms with Gasteiger partial charge in [-0.25, -0.2) is 13.8 Å². The second-order valence-electron chi connectivity index (χ2n) is 10.4. The van der Waals surface area contributed by atoms with E-state index in [9.17, 15) is 13.9 Å². The third kappa shape index (κ3) is 6.30. The molecule has 11 heteroatoms. The maximum Gasteiger partial charge on any atom is 0.296 e. The monoisotopic (exact) mass is 542 g/mol. The Balaban J connectivity index is 1.36. The summed E-state index contributed by atoms with van der Waals surface area (Å²) in [4.78, 5) is 17.8. The lowest BCUT2D eigenvalue weighted by Crippen LogP contribution is -2.37. The average molecular weight is 543 g/mol. The highest BCUT2D eigenvalue weighted by molar-refractivity contribution is 5.78. The van der Waals surface area contributed by atoms with Crippen molar-refractivity contribution in [1.29, 1.82) is 0 Å². The number of benzene rings is 1. The number of para-hydroxylation sites is 2. The summed E-state index contributed by atoms with van der Waals surface area (Å²) in [6.07, 6.45) is 2.55. The van der Waals surface area contributed by atoms with Gasteiger partial charge >= 0.3 is 0 Å². The van der Waals surface area contributed by atoms with Gasteiger partial charge in [-0.05, 0) is 63.3 Å². The van der Waals surface area contributed by atoms with Gasteiger partial charge in [0.1, 0.15) is 5.82 Å². The molecule has 1 aromatic carbocycles. The molecule has 0 radical (unpaired) electrons. The number of imidazole rings is 1. The molecule has 0 unspecified atom stereocenters. The number of morpholine rings is 1. The first-order chi connectivity index (χ1) is 18.9. The van der Waals surface area contributed by atoms with Crippen molar-refractivity contribution < 1.29 is 23.4 Å². The number of aliphatic hydroxyl groups is 1. The molecular weight excluding hydrogens is 506 g/mol. The number of hydrogen-bond acceptors (Lipinski definition) is 8. The number of halogens is 2. The lowest BCUT2D eigenvalue weighted by molar-refractivity contribution is 0.121. The Morgan fingerprint density at radius 3 is 2.62 bits per heavy atom. The first-order valence-electron chi connectivity index (χ1n) is 13.5. The van der Waals surface area contributed by atoms with Crippen molar-refractivity contribution in [3.05, 3.63) is 48.0 Å². The highest BCUT2D eigenvalue weighted by atomic mass is 19.3. The normalized spacial score (nSPS) is 20.8. The third-order valence-electron chi connectivity index (χ3n) is 7.61. The number of anilines is 1. The van der Waals surface area contributed by atoms with Crippen molar-refractivity contribution >= 4 is 17.0 Å². The average Bonchev–Trinajstić information content (AvgIpc) is 3.37. The Morgan fingerprint density at radius 2 is 1.90 bits per heavy atom. The van der Waals surface area contributed by atoms with Crippen LogP contribution in [0.15, 0.2) is 42.2 Å². The number of ether oxygens (including phenoxy) is 2. The van der Waals surface area contributed by atoms with Gasteiger partial charge in [-0.3, -0.25) is 9.47 Å². The van der Waals surface area contributed by atoms with E-state index in [-0.39, 0.29) is 5.82 Å². The summed E-state index contributed by atoms with van der Waals surface area (Å²) in [7, 11) is 2.09. The lowest BCUT2D eigenvalue weighted by Gasteiger charge is -2.34. The Bertz CT molecular complexity index is 1290. The van der Waals surface area contributed by atoms with Crippen molar-refractivity contribution in [3.63, 3.8) is 0 Å². The van der Waals surface area contributed by atoms with Crippen LogP contribution in [0.1, 0.15) is 44.9 Å².